The molecule has 0 aliphatic heterocycles. The largest absolute Gasteiger partial charge is 0.478 e. The molecule has 1 N–H and O–H groups in total. The lowest BCUT2D eigenvalue weighted by Crippen LogP contribution is -2.41. The summed E-state index contributed by atoms with van der Waals surface area (Å²) in [6.07, 6.45) is 0. The predicted molar refractivity (Wildman–Crippen MR) is 125 cm³/mol. The van der Waals surface area contributed by atoms with E-state index < -0.39 is 69.7 Å². The van der Waals surface area contributed by atoms with E-state index in [0.717, 1.165) is 72.8 Å². The van der Waals surface area contributed by atoms with E-state index in [1.54, 1.807) is 0 Å². The van der Waals surface area contributed by atoms with Gasteiger partial charge in [0.05, 0.1) is 21.5 Å². The zero-order chi connectivity index (χ0) is 27.5. The first kappa shape index (κ1) is 27.3. The zero-order valence-electron chi connectivity index (χ0n) is 18.4. The number of carbonyl (C=O) groups is 1. The number of alkyl halides is 1. The lowest BCUT2D eigenvalue weighted by Gasteiger charge is -2.28. The van der Waals surface area contributed by atoms with Crippen LogP contribution in [0.2, 0.25) is 0 Å². The molecular weight excluding hydrogens is 537 g/mol. The zero-order valence-corrected chi connectivity index (χ0v) is 20.0. The number of nitro benzene ring substituents is 2. The van der Waals surface area contributed by atoms with Crippen LogP contribution >= 0.6 is 0 Å². The highest BCUT2D eigenvalue weighted by Crippen LogP contribution is 2.39. The van der Waals surface area contributed by atoms with E-state index >= 15 is 0 Å². The Labute approximate surface area is 208 Å². The van der Waals surface area contributed by atoms with E-state index in [4.69, 9.17) is 5.11 Å². The van der Waals surface area contributed by atoms with Gasteiger partial charge in [-0.05, 0) is 29.8 Å². The number of aromatic carboxylic acids is 1. The topological polar surface area (TPSA) is 195 Å². The van der Waals surface area contributed by atoms with Gasteiger partial charge in [0.15, 0.2) is 9.79 Å². The van der Waals surface area contributed by atoms with Crippen LogP contribution in [0.5, 0.6) is 0 Å². The maximum Gasteiger partial charge on any atom is 0.335 e. The van der Waals surface area contributed by atoms with Crippen molar-refractivity contribution in [2.24, 2.45) is 0 Å². The van der Waals surface area contributed by atoms with Crippen LogP contribution in [0.3, 0.4) is 0 Å². The van der Waals surface area contributed by atoms with Gasteiger partial charge in [0.1, 0.15) is 6.67 Å². The fourth-order valence-corrected chi connectivity index (χ4v) is 7.67. The summed E-state index contributed by atoms with van der Waals surface area (Å²) in [5, 5.41) is 32.1. The van der Waals surface area contributed by atoms with Crippen molar-refractivity contribution < 1.29 is 41.0 Å². The Balaban J connectivity index is 2.38. The summed E-state index contributed by atoms with van der Waals surface area (Å²) < 4.78 is 69.0. The third-order valence-electron chi connectivity index (χ3n) is 5.10. The summed E-state index contributed by atoms with van der Waals surface area (Å²) in [4.78, 5) is 29.8. The molecule has 16 heteroatoms. The minimum atomic E-state index is -5.49. The second-order valence-electron chi connectivity index (χ2n) is 7.28. The fourth-order valence-electron chi connectivity index (χ4n) is 3.43. The van der Waals surface area contributed by atoms with Crippen LogP contribution in [0.25, 0.3) is 0 Å². The van der Waals surface area contributed by atoms with Crippen LogP contribution in [0.1, 0.15) is 22.0 Å². The summed E-state index contributed by atoms with van der Waals surface area (Å²) in [5.74, 6) is -1.37. The molecule has 37 heavy (non-hydrogen) atoms. The van der Waals surface area contributed by atoms with Gasteiger partial charge in [-0.2, -0.15) is 0 Å². The molecule has 1 unspecified atom stereocenters. The Morgan fingerprint density at radius 1 is 0.811 bits per heavy atom. The van der Waals surface area contributed by atoms with Gasteiger partial charge in [0.2, 0.25) is 0 Å². The first-order valence-electron chi connectivity index (χ1n) is 9.99. The van der Waals surface area contributed by atoms with Crippen LogP contribution < -0.4 is 0 Å². The van der Waals surface area contributed by atoms with E-state index in [9.17, 15) is 46.2 Å². The number of sulfonamides is 2. The number of rotatable bonds is 10. The van der Waals surface area contributed by atoms with E-state index in [1.165, 1.54) is 0 Å². The summed E-state index contributed by atoms with van der Waals surface area (Å²) in [5.41, 5.74) is -2.67. The van der Waals surface area contributed by atoms with Gasteiger partial charge in [-0.15, -0.1) is 0 Å². The lowest BCUT2D eigenvalue weighted by molar-refractivity contribution is -0.388. The Morgan fingerprint density at radius 2 is 1.22 bits per heavy atom. The lowest BCUT2D eigenvalue weighted by atomic mass is 10.1. The third kappa shape index (κ3) is 5.16. The highest BCUT2D eigenvalue weighted by molar-refractivity contribution is 8.04. The van der Waals surface area contributed by atoms with Crippen molar-refractivity contribution in [1.82, 2.24) is 3.71 Å². The number of para-hydroxylation sites is 2. The molecule has 1 atom stereocenters. The summed E-state index contributed by atoms with van der Waals surface area (Å²) in [7, 11) is -11.0. The molecule has 0 aliphatic carbocycles. The average Bonchev–Trinajstić information content (AvgIpc) is 2.86. The Morgan fingerprint density at radius 3 is 1.57 bits per heavy atom. The van der Waals surface area contributed by atoms with Crippen molar-refractivity contribution in [3.05, 3.63) is 104 Å². The molecule has 3 aromatic carbocycles. The number of carboxylic acids is 1. The van der Waals surface area contributed by atoms with Crippen molar-refractivity contribution in [1.29, 1.82) is 0 Å². The number of carboxylic acid groups (broad SMARTS) is 1. The molecule has 0 radical (unpaired) electrons. The second kappa shape index (κ2) is 10.4. The van der Waals surface area contributed by atoms with E-state index in [0.29, 0.717) is 0 Å². The van der Waals surface area contributed by atoms with Gasteiger partial charge >= 0.3 is 5.97 Å². The maximum absolute atomic E-state index is 14.5. The quantitative estimate of drug-likeness (QED) is 0.287. The Hall–Kier alpha value is -4.28. The summed E-state index contributed by atoms with van der Waals surface area (Å²) >= 11 is 0. The molecule has 0 spiro atoms. The van der Waals surface area contributed by atoms with Crippen LogP contribution in [0.15, 0.2) is 82.6 Å². The smallest absolute Gasteiger partial charge is 0.335 e. The van der Waals surface area contributed by atoms with Crippen molar-refractivity contribution in [3.8, 4) is 0 Å². The third-order valence-corrected chi connectivity index (χ3v) is 9.53. The van der Waals surface area contributed by atoms with E-state index in [-0.39, 0.29) is 14.8 Å². The molecule has 3 rings (SSSR count). The van der Waals surface area contributed by atoms with Crippen molar-refractivity contribution in [2.75, 3.05) is 6.67 Å². The van der Waals surface area contributed by atoms with Gasteiger partial charge in [0, 0.05) is 12.1 Å². The van der Waals surface area contributed by atoms with Crippen LogP contribution in [0.4, 0.5) is 15.8 Å². The van der Waals surface area contributed by atoms with E-state index in [1.807, 2.05) is 0 Å². The van der Waals surface area contributed by atoms with Gasteiger partial charge in [-0.1, -0.05) is 40.1 Å². The standard InChI is InChI=1S/C21H16FN3O10S2/c22-13-18(14-9-11-15(12-10-14)21(26)27)25(36(32,33)19-7-3-1-5-16(19)23(28)29)37(34,35)20-8-4-2-6-17(20)24(30)31/h1-12,18H,13H2,(H,26,27). The molecule has 194 valence electrons. The SMILES string of the molecule is O=C(O)c1ccc(C(CF)N(S(=O)(=O)c2ccccc2[N+](=O)[O-])S(=O)(=O)c2ccccc2[N+](=O)[O-])cc1. The van der Waals surface area contributed by atoms with Crippen molar-refractivity contribution in [3.63, 3.8) is 0 Å². The number of benzene rings is 3. The number of nitro groups is 2. The molecule has 13 nitrogen and oxygen atoms in total. The normalized spacial score (nSPS) is 12.7. The minimum absolute atomic E-state index is 0.281. The highest BCUT2D eigenvalue weighted by atomic mass is 32.3. The summed E-state index contributed by atoms with van der Waals surface area (Å²) in [6.45, 7) is -1.70. The first-order chi connectivity index (χ1) is 17.3. The molecule has 0 fully saturated rings. The molecule has 3 aromatic rings. The summed E-state index contributed by atoms with van der Waals surface area (Å²) in [6, 6.07) is 9.07. The van der Waals surface area contributed by atoms with Gasteiger partial charge in [-0.25, -0.2) is 26.0 Å². The monoisotopic (exact) mass is 553 g/mol. The second-order valence-corrected chi connectivity index (χ2v) is 11.1. The first-order valence-corrected chi connectivity index (χ1v) is 12.9. The number of hydrogen-bond donors (Lipinski definition) is 1. The van der Waals surface area contributed by atoms with Gasteiger partial charge in [0.25, 0.3) is 31.4 Å². The molecule has 0 heterocycles. The molecule has 0 saturated carbocycles. The van der Waals surface area contributed by atoms with Gasteiger partial charge in [-0.3, -0.25) is 20.2 Å². The molecule has 0 aliphatic rings. The number of halogens is 1. The highest BCUT2D eigenvalue weighted by Gasteiger charge is 2.47. The van der Waals surface area contributed by atoms with Gasteiger partial charge < -0.3 is 5.11 Å². The van der Waals surface area contributed by atoms with Crippen molar-refractivity contribution >= 4 is 37.4 Å². The predicted octanol–water partition coefficient (Wildman–Crippen LogP) is 3.29. The van der Waals surface area contributed by atoms with Crippen LogP contribution in [-0.2, 0) is 20.0 Å². The number of nitrogens with zero attached hydrogens (tertiary/aromatic N) is 3. The fraction of sp³-hybridized carbons (Fsp3) is 0.0952. The van der Waals surface area contributed by atoms with E-state index in [2.05, 4.69) is 0 Å². The molecule has 0 aromatic heterocycles. The molecular formula is C21H16FN3O10S2. The Bertz CT molecular complexity index is 1510. The molecule has 0 bridgehead atoms. The Kier molecular flexibility index (Phi) is 7.66. The maximum atomic E-state index is 14.5. The van der Waals surface area contributed by atoms with Crippen LogP contribution in [-0.4, -0.2) is 48.1 Å². The molecule has 0 amide bonds. The minimum Gasteiger partial charge on any atom is -0.478 e. The molecule has 0 saturated heterocycles. The van der Waals surface area contributed by atoms with Crippen molar-refractivity contribution in [2.45, 2.75) is 15.8 Å². The van der Waals surface area contributed by atoms with Crippen LogP contribution in [0, 0.1) is 20.2 Å². The average molecular weight is 554 g/mol. The number of hydrogen-bond acceptors (Lipinski definition) is 9.